The molecule has 0 atom stereocenters. The summed E-state index contributed by atoms with van der Waals surface area (Å²) in [6.07, 6.45) is 7.84. The first-order chi connectivity index (χ1) is 9.13. The Morgan fingerprint density at radius 3 is 2.68 bits per heavy atom. The first-order valence-electron chi connectivity index (χ1n) is 6.43. The second kappa shape index (κ2) is 8.38. The van der Waals surface area contributed by atoms with Crippen LogP contribution in [-0.2, 0) is 9.53 Å². The van der Waals surface area contributed by atoms with Gasteiger partial charge in [0.1, 0.15) is 6.61 Å². The third-order valence-electron chi connectivity index (χ3n) is 2.95. The molecule has 1 aliphatic rings. The predicted octanol–water partition coefficient (Wildman–Crippen LogP) is 0.675. The zero-order valence-electron chi connectivity index (χ0n) is 10.9. The molecule has 0 aromatic carbocycles. The summed E-state index contributed by atoms with van der Waals surface area (Å²) in [5.41, 5.74) is 0. The highest BCUT2D eigenvalue weighted by Gasteiger charge is 2.23. The van der Waals surface area contributed by atoms with E-state index in [4.69, 9.17) is 16.3 Å². The molecule has 1 heterocycles. The van der Waals surface area contributed by atoms with E-state index in [1.54, 1.807) is 4.90 Å². The third-order valence-corrected chi connectivity index (χ3v) is 2.95. The van der Waals surface area contributed by atoms with Gasteiger partial charge in [-0.2, -0.15) is 0 Å². The molecule has 0 radical (unpaired) electrons. The topological polar surface area (TPSA) is 78.9 Å². The molecule has 6 heteroatoms. The second-order valence-electron chi connectivity index (χ2n) is 4.43. The minimum absolute atomic E-state index is 0.0680. The van der Waals surface area contributed by atoms with Crippen LogP contribution in [0.25, 0.3) is 0 Å². The lowest BCUT2D eigenvalue weighted by molar-refractivity contribution is -0.145. The summed E-state index contributed by atoms with van der Waals surface area (Å²) >= 11 is 0. The minimum atomic E-state index is -0.964. The summed E-state index contributed by atoms with van der Waals surface area (Å²) < 4.78 is 5.21. The van der Waals surface area contributed by atoms with Gasteiger partial charge in [0.05, 0.1) is 6.10 Å². The molecule has 0 aromatic rings. The lowest BCUT2D eigenvalue weighted by Gasteiger charge is -2.31. The Hall–Kier alpha value is -1.74. The van der Waals surface area contributed by atoms with Crippen LogP contribution in [0, 0.1) is 12.3 Å². The van der Waals surface area contributed by atoms with Crippen LogP contribution in [0.1, 0.15) is 25.7 Å². The molecule has 2 N–H and O–H groups in total. The van der Waals surface area contributed by atoms with Crippen LogP contribution in [0.15, 0.2) is 0 Å². The maximum atomic E-state index is 11.8. The van der Waals surface area contributed by atoms with Gasteiger partial charge in [0.2, 0.25) is 0 Å². The van der Waals surface area contributed by atoms with E-state index in [2.05, 4.69) is 11.2 Å². The summed E-state index contributed by atoms with van der Waals surface area (Å²) in [6.45, 7) is 1.48. The fourth-order valence-corrected chi connectivity index (χ4v) is 1.91. The van der Waals surface area contributed by atoms with E-state index in [1.807, 2.05) is 0 Å². The van der Waals surface area contributed by atoms with Crippen LogP contribution in [0.2, 0.25) is 0 Å². The number of unbranched alkanes of at least 4 members (excludes halogenated alkanes) is 1. The minimum Gasteiger partial charge on any atom is -0.480 e. The highest BCUT2D eigenvalue weighted by atomic mass is 16.5. The molecule has 1 saturated heterocycles. The molecule has 1 aliphatic heterocycles. The van der Waals surface area contributed by atoms with E-state index < -0.39 is 5.97 Å². The van der Waals surface area contributed by atoms with Gasteiger partial charge in [-0.1, -0.05) is 0 Å². The smallest absolute Gasteiger partial charge is 0.329 e. The fourth-order valence-electron chi connectivity index (χ4n) is 1.91. The molecule has 106 valence electrons. The SMILES string of the molecule is C#CCCCNC(=O)N1CCC(OCC(=O)O)CC1. The Morgan fingerprint density at radius 1 is 1.42 bits per heavy atom. The number of aliphatic carboxylic acids is 1. The maximum Gasteiger partial charge on any atom is 0.329 e. The van der Waals surface area contributed by atoms with Crippen molar-refractivity contribution in [3.05, 3.63) is 0 Å². The maximum absolute atomic E-state index is 11.8. The van der Waals surface area contributed by atoms with E-state index in [1.165, 1.54) is 0 Å². The van der Waals surface area contributed by atoms with Crippen molar-refractivity contribution < 1.29 is 19.4 Å². The Bertz CT molecular complexity index is 343. The number of amides is 2. The Kier molecular flexibility index (Phi) is 6.75. The van der Waals surface area contributed by atoms with Gasteiger partial charge in [-0.05, 0) is 19.3 Å². The van der Waals surface area contributed by atoms with Crippen molar-refractivity contribution in [2.75, 3.05) is 26.2 Å². The normalized spacial score (nSPS) is 15.8. The molecule has 6 nitrogen and oxygen atoms in total. The molecule has 0 aromatic heterocycles. The Labute approximate surface area is 113 Å². The highest BCUT2D eigenvalue weighted by molar-refractivity contribution is 5.74. The van der Waals surface area contributed by atoms with E-state index in [0.717, 1.165) is 6.42 Å². The van der Waals surface area contributed by atoms with Gasteiger partial charge in [-0.3, -0.25) is 0 Å². The molecular formula is C13H20N2O4. The number of hydrogen-bond donors (Lipinski definition) is 2. The molecule has 0 spiro atoms. The van der Waals surface area contributed by atoms with Crippen LogP contribution < -0.4 is 5.32 Å². The number of piperidine rings is 1. The van der Waals surface area contributed by atoms with Gasteiger partial charge in [0.25, 0.3) is 0 Å². The number of carboxylic acids is 1. The number of carbonyl (C=O) groups is 2. The highest BCUT2D eigenvalue weighted by Crippen LogP contribution is 2.13. The van der Waals surface area contributed by atoms with Gasteiger partial charge in [0, 0.05) is 26.1 Å². The summed E-state index contributed by atoms with van der Waals surface area (Å²) in [4.78, 5) is 23.9. The molecular weight excluding hydrogens is 248 g/mol. The van der Waals surface area contributed by atoms with Gasteiger partial charge >= 0.3 is 12.0 Å². The zero-order valence-corrected chi connectivity index (χ0v) is 10.9. The number of urea groups is 1. The molecule has 0 saturated carbocycles. The standard InChI is InChI=1S/C13H20N2O4/c1-2-3-4-7-14-13(18)15-8-5-11(6-9-15)19-10-12(16)17/h1,11H,3-10H2,(H,14,18)(H,16,17). The van der Waals surface area contributed by atoms with Crippen molar-refractivity contribution in [2.45, 2.75) is 31.8 Å². The molecule has 2 amide bonds. The third kappa shape index (κ3) is 6.11. The van der Waals surface area contributed by atoms with Crippen LogP contribution in [0.3, 0.4) is 0 Å². The first kappa shape index (κ1) is 15.3. The number of hydrogen-bond acceptors (Lipinski definition) is 3. The summed E-state index contributed by atoms with van der Waals surface area (Å²) in [5, 5.41) is 11.3. The average molecular weight is 268 g/mol. The molecule has 1 rings (SSSR count). The largest absolute Gasteiger partial charge is 0.480 e. The van der Waals surface area contributed by atoms with Crippen LogP contribution in [0.5, 0.6) is 0 Å². The van der Waals surface area contributed by atoms with Gasteiger partial charge < -0.3 is 20.1 Å². The number of carbonyl (C=O) groups excluding carboxylic acids is 1. The first-order valence-corrected chi connectivity index (χ1v) is 6.43. The average Bonchev–Trinajstić information content (AvgIpc) is 2.41. The van der Waals surface area contributed by atoms with Gasteiger partial charge in [-0.15, -0.1) is 12.3 Å². The lowest BCUT2D eigenvalue weighted by atomic mass is 10.1. The zero-order chi connectivity index (χ0) is 14.1. The van der Waals surface area contributed by atoms with E-state index >= 15 is 0 Å². The number of likely N-dealkylation sites (tertiary alicyclic amines) is 1. The van der Waals surface area contributed by atoms with E-state index in [9.17, 15) is 9.59 Å². The number of nitrogens with one attached hydrogen (secondary N) is 1. The Morgan fingerprint density at radius 2 is 2.11 bits per heavy atom. The van der Waals surface area contributed by atoms with Crippen molar-refractivity contribution in [1.82, 2.24) is 10.2 Å². The van der Waals surface area contributed by atoms with E-state index in [-0.39, 0.29) is 18.7 Å². The number of carboxylic acid groups (broad SMARTS) is 1. The van der Waals surface area contributed by atoms with Crippen LogP contribution in [-0.4, -0.2) is 54.4 Å². The van der Waals surface area contributed by atoms with Crippen molar-refractivity contribution in [3.63, 3.8) is 0 Å². The van der Waals surface area contributed by atoms with Crippen molar-refractivity contribution in [2.24, 2.45) is 0 Å². The quantitative estimate of drug-likeness (QED) is 0.548. The predicted molar refractivity (Wildman–Crippen MR) is 69.6 cm³/mol. The molecule has 0 bridgehead atoms. The molecule has 1 fully saturated rings. The number of nitrogens with zero attached hydrogens (tertiary/aromatic N) is 1. The van der Waals surface area contributed by atoms with E-state index in [0.29, 0.717) is 38.9 Å². The summed E-state index contributed by atoms with van der Waals surface area (Å²) in [6, 6.07) is -0.0892. The van der Waals surface area contributed by atoms with Crippen molar-refractivity contribution >= 4 is 12.0 Å². The number of terminal acetylenes is 1. The van der Waals surface area contributed by atoms with Crippen LogP contribution >= 0.6 is 0 Å². The van der Waals surface area contributed by atoms with Crippen molar-refractivity contribution in [3.8, 4) is 12.3 Å². The summed E-state index contributed by atoms with van der Waals surface area (Å²) in [7, 11) is 0. The molecule has 19 heavy (non-hydrogen) atoms. The lowest BCUT2D eigenvalue weighted by Crippen LogP contribution is -2.46. The van der Waals surface area contributed by atoms with Gasteiger partial charge in [0.15, 0.2) is 0 Å². The Balaban J connectivity index is 2.16. The fraction of sp³-hybridized carbons (Fsp3) is 0.692. The van der Waals surface area contributed by atoms with Gasteiger partial charge in [-0.25, -0.2) is 9.59 Å². The number of ether oxygens (including phenoxy) is 1. The monoisotopic (exact) mass is 268 g/mol. The van der Waals surface area contributed by atoms with Crippen LogP contribution in [0.4, 0.5) is 4.79 Å². The second-order valence-corrected chi connectivity index (χ2v) is 4.43. The summed E-state index contributed by atoms with van der Waals surface area (Å²) in [5.74, 6) is 1.56. The molecule has 0 aliphatic carbocycles. The molecule has 0 unspecified atom stereocenters. The van der Waals surface area contributed by atoms with Crippen molar-refractivity contribution in [1.29, 1.82) is 0 Å². The number of rotatable bonds is 6.